The van der Waals surface area contributed by atoms with Crippen LogP contribution >= 0.6 is 0 Å². The minimum Gasteiger partial charge on any atom is -0.541 e. The maximum atomic E-state index is 5.99. The first-order valence-corrected chi connectivity index (χ1v) is 6.12. The molecule has 0 saturated carbocycles. The van der Waals surface area contributed by atoms with Crippen LogP contribution in [0.15, 0.2) is 30.3 Å². The van der Waals surface area contributed by atoms with Crippen molar-refractivity contribution in [1.29, 1.82) is 0 Å². The van der Waals surface area contributed by atoms with Gasteiger partial charge in [-0.3, -0.25) is 0 Å². The van der Waals surface area contributed by atoms with Crippen molar-refractivity contribution in [3.8, 4) is 0 Å². The van der Waals surface area contributed by atoms with E-state index in [4.69, 9.17) is 14.2 Å². The van der Waals surface area contributed by atoms with Crippen molar-refractivity contribution in [2.75, 3.05) is 6.61 Å². The van der Waals surface area contributed by atoms with Gasteiger partial charge in [-0.15, -0.1) is 0 Å². The first kappa shape index (κ1) is 14.6. The van der Waals surface area contributed by atoms with Gasteiger partial charge in [0.25, 0.3) is 0 Å². The molecule has 3 atom stereocenters. The Kier molecular flexibility index (Phi) is 4.91. The molecule has 96 valence electrons. The van der Waals surface area contributed by atoms with Gasteiger partial charge < -0.3 is 14.2 Å². The van der Waals surface area contributed by atoms with Gasteiger partial charge in [0.2, 0.25) is 0 Å². The molecule has 2 bridgehead atoms. The van der Waals surface area contributed by atoms with Crippen LogP contribution in [0.1, 0.15) is 18.9 Å². The van der Waals surface area contributed by atoms with Gasteiger partial charge in [0.05, 0.1) is 24.9 Å². The van der Waals surface area contributed by atoms with Crippen LogP contribution < -0.4 is 0 Å². The molecule has 1 unspecified atom stereocenters. The Bertz CT molecular complexity index is 374. The van der Waals surface area contributed by atoms with Crippen LogP contribution in [0.4, 0.5) is 0 Å². The van der Waals surface area contributed by atoms with Gasteiger partial charge in [0.15, 0.2) is 0 Å². The molecule has 18 heavy (non-hydrogen) atoms. The molecular formula is C14H17O3U-. The van der Waals surface area contributed by atoms with Crippen molar-refractivity contribution in [3.63, 3.8) is 0 Å². The number of fused-ring (bicyclic) bond motifs is 2. The standard InChI is InChI=1S/C14H17O3.U/c1-2-14-10-16-12(9-17-14)13(14)15-8-11-6-4-3-5-7-11;/h3-7,9,12-13H,2,8,10H2,1H3;/q-1;/t12?,13-,14+;/m0./s1. The molecule has 0 radical (unpaired) electrons. The van der Waals surface area contributed by atoms with E-state index in [0.717, 1.165) is 6.42 Å². The largest absolute Gasteiger partial charge is 0.541 e. The van der Waals surface area contributed by atoms with Gasteiger partial charge >= 0.3 is 0 Å². The van der Waals surface area contributed by atoms with Crippen molar-refractivity contribution < 1.29 is 45.3 Å². The molecule has 0 N–H and O–H groups in total. The molecular weight excluding hydrogens is 454 g/mol. The topological polar surface area (TPSA) is 27.7 Å². The molecule has 2 aliphatic rings. The summed E-state index contributed by atoms with van der Waals surface area (Å²) >= 11 is 0. The summed E-state index contributed by atoms with van der Waals surface area (Å²) in [5, 5.41) is 0. The van der Waals surface area contributed by atoms with Crippen LogP contribution in [-0.2, 0) is 20.8 Å². The van der Waals surface area contributed by atoms with Crippen molar-refractivity contribution in [1.82, 2.24) is 0 Å². The van der Waals surface area contributed by atoms with E-state index in [-0.39, 0.29) is 48.9 Å². The fourth-order valence-corrected chi connectivity index (χ4v) is 2.51. The molecule has 3 nitrogen and oxygen atoms in total. The molecule has 0 aliphatic carbocycles. The van der Waals surface area contributed by atoms with Crippen molar-refractivity contribution in [2.45, 2.75) is 37.8 Å². The summed E-state index contributed by atoms with van der Waals surface area (Å²) in [6.45, 7) is 5.15. The first-order chi connectivity index (χ1) is 8.34. The molecule has 0 spiro atoms. The number of rotatable bonds is 4. The summed E-state index contributed by atoms with van der Waals surface area (Å²) < 4.78 is 17.3. The van der Waals surface area contributed by atoms with E-state index in [1.807, 2.05) is 18.2 Å². The van der Waals surface area contributed by atoms with E-state index in [9.17, 15) is 0 Å². The molecule has 3 rings (SSSR count). The smallest absolute Gasteiger partial charge is 0.0865 e. The zero-order chi connectivity index (χ0) is 11.7. The Labute approximate surface area is 132 Å². The third kappa shape index (κ3) is 2.55. The van der Waals surface area contributed by atoms with E-state index in [2.05, 4.69) is 19.1 Å². The second kappa shape index (κ2) is 6.07. The third-order valence-electron chi connectivity index (χ3n) is 3.64. The number of ether oxygens (including phenoxy) is 3. The second-order valence-corrected chi connectivity index (χ2v) is 4.67. The van der Waals surface area contributed by atoms with E-state index in [0.29, 0.717) is 13.2 Å². The number of benzene rings is 1. The number of hydrogen-bond donors (Lipinski definition) is 0. The fourth-order valence-electron chi connectivity index (χ4n) is 2.51. The van der Waals surface area contributed by atoms with Crippen molar-refractivity contribution in [3.05, 3.63) is 42.5 Å². The minimum absolute atomic E-state index is 0. The minimum atomic E-state index is -0.251. The van der Waals surface area contributed by atoms with Gasteiger partial charge in [-0.25, -0.2) is 0 Å². The maximum Gasteiger partial charge on any atom is 0.0865 e. The molecule has 0 amide bonds. The molecule has 2 heterocycles. The van der Waals surface area contributed by atoms with E-state index in [1.165, 1.54) is 5.56 Å². The fraction of sp³-hybridized carbons (Fsp3) is 0.500. The predicted octanol–water partition coefficient (Wildman–Crippen LogP) is 2.31. The monoisotopic (exact) mass is 471 g/mol. The van der Waals surface area contributed by atoms with E-state index >= 15 is 0 Å². The Morgan fingerprint density at radius 1 is 1.39 bits per heavy atom. The maximum absolute atomic E-state index is 5.99. The summed E-state index contributed by atoms with van der Waals surface area (Å²) in [4.78, 5) is 0. The van der Waals surface area contributed by atoms with Crippen LogP contribution in [0.25, 0.3) is 0 Å². The summed E-state index contributed by atoms with van der Waals surface area (Å²) in [6, 6.07) is 10.2. The van der Waals surface area contributed by atoms with Crippen LogP contribution in [0.5, 0.6) is 0 Å². The average Bonchev–Trinajstić information content (AvgIpc) is 2.92. The van der Waals surface area contributed by atoms with Gasteiger partial charge in [-0.05, 0) is 18.1 Å². The summed E-state index contributed by atoms with van der Waals surface area (Å²) in [7, 11) is 0. The van der Waals surface area contributed by atoms with Gasteiger partial charge in [0, 0.05) is 31.1 Å². The quantitative estimate of drug-likeness (QED) is 0.632. The van der Waals surface area contributed by atoms with Crippen LogP contribution in [0.3, 0.4) is 0 Å². The van der Waals surface area contributed by atoms with Gasteiger partial charge in [0.1, 0.15) is 0 Å². The SMILES string of the molecule is CC[C@]12COC([CH-]O1)[C@@H]2OCc1ccccc1.[U]. The Morgan fingerprint density at radius 3 is 2.78 bits per heavy atom. The molecule has 2 aliphatic heterocycles. The summed E-state index contributed by atoms with van der Waals surface area (Å²) in [6.07, 6.45) is 0.950. The first-order valence-electron chi connectivity index (χ1n) is 6.12. The Balaban J connectivity index is 0.00000120. The molecule has 1 aromatic rings. The average molecular weight is 471 g/mol. The molecule has 0 aromatic heterocycles. The second-order valence-electron chi connectivity index (χ2n) is 4.67. The zero-order valence-electron chi connectivity index (χ0n) is 10.5. The molecule has 2 saturated heterocycles. The molecule has 2 fully saturated rings. The van der Waals surface area contributed by atoms with Crippen LogP contribution in [-0.4, -0.2) is 24.4 Å². The van der Waals surface area contributed by atoms with E-state index in [1.54, 1.807) is 6.61 Å². The van der Waals surface area contributed by atoms with Crippen LogP contribution in [0.2, 0.25) is 0 Å². The van der Waals surface area contributed by atoms with Crippen LogP contribution in [0, 0.1) is 37.7 Å². The van der Waals surface area contributed by atoms with Gasteiger partial charge in [-0.2, -0.15) is 6.61 Å². The predicted molar refractivity (Wildman–Crippen MR) is 63.2 cm³/mol. The van der Waals surface area contributed by atoms with Crippen molar-refractivity contribution >= 4 is 0 Å². The summed E-state index contributed by atoms with van der Waals surface area (Å²) in [5.41, 5.74) is 0.935. The molecule has 1 aromatic carbocycles. The Hall–Kier alpha value is 0.152. The third-order valence-corrected chi connectivity index (χ3v) is 3.64. The van der Waals surface area contributed by atoms with E-state index < -0.39 is 0 Å². The summed E-state index contributed by atoms with van der Waals surface area (Å²) in [5.74, 6) is 0. The van der Waals surface area contributed by atoms with Gasteiger partial charge in [-0.1, -0.05) is 37.3 Å². The van der Waals surface area contributed by atoms with Crippen molar-refractivity contribution in [2.24, 2.45) is 0 Å². The zero-order valence-corrected chi connectivity index (χ0v) is 14.6. The number of hydrogen-bond acceptors (Lipinski definition) is 3. The molecule has 4 heteroatoms. The normalized spacial score (nSPS) is 33.4. The Morgan fingerprint density at radius 2 is 2.17 bits per heavy atom.